The van der Waals surface area contributed by atoms with Crippen LogP contribution in [-0.4, -0.2) is 9.97 Å². The first kappa shape index (κ1) is 18.8. The quantitative estimate of drug-likeness (QED) is 0.544. The number of nitrogens with zero attached hydrogens (tertiary/aromatic N) is 2. The Balaban J connectivity index is 2.06. The van der Waals surface area contributed by atoms with Gasteiger partial charge in [0.25, 0.3) is 0 Å². The summed E-state index contributed by atoms with van der Waals surface area (Å²) in [6.45, 7) is 13.1. The molecule has 0 radical (unpaired) electrons. The van der Waals surface area contributed by atoms with Crippen LogP contribution in [0.5, 0.6) is 0 Å². The molecule has 27 heavy (non-hydrogen) atoms. The van der Waals surface area contributed by atoms with Crippen molar-refractivity contribution in [3.05, 3.63) is 72.7 Å². The van der Waals surface area contributed by atoms with Crippen LogP contribution in [0.15, 0.2) is 67.1 Å². The first-order valence-corrected chi connectivity index (χ1v) is 9.18. The fourth-order valence-corrected chi connectivity index (χ4v) is 3.23. The summed E-state index contributed by atoms with van der Waals surface area (Å²) in [5.41, 5.74) is 13.0. The molecule has 1 aromatic carbocycles. The van der Waals surface area contributed by atoms with Crippen molar-refractivity contribution < 1.29 is 0 Å². The van der Waals surface area contributed by atoms with Gasteiger partial charge in [0, 0.05) is 35.2 Å². The van der Waals surface area contributed by atoms with Crippen LogP contribution in [0.3, 0.4) is 0 Å². The molecule has 3 aromatic rings. The number of hydrogen-bond acceptors (Lipinski definition) is 3. The van der Waals surface area contributed by atoms with Crippen molar-refractivity contribution in [3.8, 4) is 11.4 Å². The summed E-state index contributed by atoms with van der Waals surface area (Å²) in [7, 11) is 0. The molecular weight excluding hydrogens is 332 g/mol. The van der Waals surface area contributed by atoms with Gasteiger partial charge >= 0.3 is 0 Å². The molecule has 0 aliphatic heterocycles. The first-order valence-electron chi connectivity index (χ1n) is 9.18. The van der Waals surface area contributed by atoms with Crippen LogP contribution >= 0.6 is 0 Å². The van der Waals surface area contributed by atoms with E-state index in [0.717, 1.165) is 40.6 Å². The van der Waals surface area contributed by atoms with E-state index >= 15 is 0 Å². The maximum Gasteiger partial charge on any atom is 0.0885 e. The zero-order valence-corrected chi connectivity index (χ0v) is 16.6. The fourth-order valence-electron chi connectivity index (χ4n) is 3.23. The van der Waals surface area contributed by atoms with Gasteiger partial charge in [-0.3, -0.25) is 4.98 Å². The van der Waals surface area contributed by atoms with Crippen LogP contribution in [0.1, 0.15) is 32.8 Å². The number of benzene rings is 1. The summed E-state index contributed by atoms with van der Waals surface area (Å²) in [6.07, 6.45) is 4.68. The Hall–Kier alpha value is -3.01. The Morgan fingerprint density at radius 2 is 1.89 bits per heavy atom. The van der Waals surface area contributed by atoms with Crippen LogP contribution in [0.4, 0.5) is 17.1 Å². The Morgan fingerprint density at radius 3 is 2.52 bits per heavy atom. The lowest BCUT2D eigenvalue weighted by atomic mass is 9.90. The Kier molecular flexibility index (Phi) is 5.08. The predicted molar refractivity (Wildman–Crippen MR) is 115 cm³/mol. The first-order chi connectivity index (χ1) is 12.7. The second-order valence-corrected chi connectivity index (χ2v) is 8.22. The van der Waals surface area contributed by atoms with E-state index < -0.39 is 0 Å². The highest BCUT2D eigenvalue weighted by atomic mass is 15.1. The minimum atomic E-state index is 0.127. The highest BCUT2D eigenvalue weighted by Gasteiger charge is 2.20. The lowest BCUT2D eigenvalue weighted by molar-refractivity contribution is 0.408. The van der Waals surface area contributed by atoms with Gasteiger partial charge in [0.2, 0.25) is 0 Å². The molecular formula is C23H28N4. The van der Waals surface area contributed by atoms with Gasteiger partial charge < -0.3 is 15.6 Å². The lowest BCUT2D eigenvalue weighted by Crippen LogP contribution is -2.20. The van der Waals surface area contributed by atoms with E-state index in [1.54, 1.807) is 0 Å². The highest BCUT2D eigenvalue weighted by molar-refractivity contribution is 5.73. The topological polar surface area (TPSA) is 57.9 Å². The van der Waals surface area contributed by atoms with Gasteiger partial charge in [0.15, 0.2) is 0 Å². The largest absolute Gasteiger partial charge is 0.399 e. The zero-order valence-electron chi connectivity index (χ0n) is 16.6. The number of rotatable bonds is 5. The van der Waals surface area contributed by atoms with E-state index in [1.807, 2.05) is 36.7 Å². The molecule has 3 N–H and O–H groups in total. The summed E-state index contributed by atoms with van der Waals surface area (Å²) < 4.78 is 0. The van der Waals surface area contributed by atoms with Crippen LogP contribution in [0, 0.1) is 12.3 Å². The van der Waals surface area contributed by atoms with Crippen molar-refractivity contribution in [3.63, 3.8) is 0 Å². The molecule has 2 aromatic heterocycles. The van der Waals surface area contributed by atoms with E-state index in [2.05, 4.69) is 67.3 Å². The number of nitrogens with two attached hydrogens (primary N) is 1. The van der Waals surface area contributed by atoms with Gasteiger partial charge in [0.1, 0.15) is 0 Å². The minimum absolute atomic E-state index is 0.127. The maximum atomic E-state index is 6.05. The molecule has 0 fully saturated rings. The smallest absolute Gasteiger partial charge is 0.0885 e. The van der Waals surface area contributed by atoms with Gasteiger partial charge in [-0.05, 0) is 60.7 Å². The number of H-pyrrole nitrogens is 1. The Labute approximate surface area is 161 Å². The number of nitrogens with one attached hydrogen (secondary N) is 1. The van der Waals surface area contributed by atoms with Crippen LogP contribution < -0.4 is 10.6 Å². The standard InChI is InChI=1S/C23H28N4/c1-16-11-21(26-15-16)22-13-20(9-10-25-22)27(17(2)14-23(3,4)5)19-8-6-7-18(24)12-19/h6-13,15,26H,2,14,24H2,1,3-5H3. The van der Waals surface area contributed by atoms with Crippen molar-refractivity contribution in [1.29, 1.82) is 0 Å². The average Bonchev–Trinajstić information content (AvgIpc) is 3.00. The van der Waals surface area contributed by atoms with Crippen molar-refractivity contribution >= 4 is 17.1 Å². The van der Waals surface area contributed by atoms with E-state index in [0.29, 0.717) is 0 Å². The highest BCUT2D eigenvalue weighted by Crippen LogP contribution is 2.36. The van der Waals surface area contributed by atoms with Crippen molar-refractivity contribution in [2.75, 3.05) is 10.6 Å². The van der Waals surface area contributed by atoms with Crippen molar-refractivity contribution in [1.82, 2.24) is 9.97 Å². The van der Waals surface area contributed by atoms with Gasteiger partial charge in [0.05, 0.1) is 11.4 Å². The van der Waals surface area contributed by atoms with Crippen molar-refractivity contribution in [2.24, 2.45) is 5.41 Å². The lowest BCUT2D eigenvalue weighted by Gasteiger charge is -2.31. The number of aryl methyl sites for hydroxylation is 1. The Morgan fingerprint density at radius 1 is 1.15 bits per heavy atom. The number of anilines is 3. The maximum absolute atomic E-state index is 6.05. The van der Waals surface area contributed by atoms with Crippen molar-refractivity contribution in [2.45, 2.75) is 34.1 Å². The summed E-state index contributed by atoms with van der Waals surface area (Å²) in [5, 5.41) is 0. The van der Waals surface area contributed by atoms with Crippen LogP contribution in [0.2, 0.25) is 0 Å². The molecule has 140 valence electrons. The molecule has 0 aliphatic carbocycles. The number of aromatic nitrogens is 2. The molecule has 0 aliphatic rings. The summed E-state index contributed by atoms with van der Waals surface area (Å²) in [6, 6.07) is 14.1. The molecule has 2 heterocycles. The fraction of sp³-hybridized carbons (Fsp3) is 0.261. The van der Waals surface area contributed by atoms with Gasteiger partial charge in [-0.15, -0.1) is 0 Å². The van der Waals surface area contributed by atoms with Gasteiger partial charge in [-0.25, -0.2) is 0 Å². The average molecular weight is 361 g/mol. The molecule has 0 saturated carbocycles. The van der Waals surface area contributed by atoms with E-state index in [4.69, 9.17) is 5.73 Å². The number of allylic oxidation sites excluding steroid dienone is 1. The van der Waals surface area contributed by atoms with E-state index in [1.165, 1.54) is 5.56 Å². The summed E-state index contributed by atoms with van der Waals surface area (Å²) in [4.78, 5) is 9.99. The minimum Gasteiger partial charge on any atom is -0.399 e. The van der Waals surface area contributed by atoms with Gasteiger partial charge in [-0.1, -0.05) is 33.4 Å². The number of hydrogen-bond donors (Lipinski definition) is 2. The molecule has 0 saturated heterocycles. The SMILES string of the molecule is C=C(CC(C)(C)C)N(c1cccc(N)c1)c1ccnc(-c2cc(C)c[nH]2)c1. The molecule has 0 spiro atoms. The zero-order chi connectivity index (χ0) is 19.6. The molecule has 4 heteroatoms. The third-order valence-electron chi connectivity index (χ3n) is 4.28. The number of nitrogen functional groups attached to an aromatic ring is 1. The third-order valence-corrected chi connectivity index (χ3v) is 4.28. The van der Waals surface area contributed by atoms with Gasteiger partial charge in [-0.2, -0.15) is 0 Å². The molecule has 4 nitrogen and oxygen atoms in total. The van der Waals surface area contributed by atoms with E-state index in [-0.39, 0.29) is 5.41 Å². The summed E-state index contributed by atoms with van der Waals surface area (Å²) in [5.74, 6) is 0. The molecule has 0 bridgehead atoms. The normalized spacial score (nSPS) is 11.4. The predicted octanol–water partition coefficient (Wildman–Crippen LogP) is 6.06. The molecule has 0 unspecified atom stereocenters. The number of pyridine rings is 1. The third kappa shape index (κ3) is 4.59. The monoisotopic (exact) mass is 360 g/mol. The Bertz CT molecular complexity index is 947. The van der Waals surface area contributed by atoms with Crippen LogP contribution in [0.25, 0.3) is 11.4 Å². The molecule has 0 atom stereocenters. The molecule has 0 amide bonds. The number of aromatic amines is 1. The second-order valence-electron chi connectivity index (χ2n) is 8.22. The molecule has 3 rings (SSSR count). The van der Waals surface area contributed by atoms with Crippen LogP contribution in [-0.2, 0) is 0 Å². The second kappa shape index (κ2) is 7.31. The summed E-state index contributed by atoms with van der Waals surface area (Å²) >= 11 is 0. The van der Waals surface area contributed by atoms with E-state index in [9.17, 15) is 0 Å².